The number of rotatable bonds is 4. The van der Waals surface area contributed by atoms with Crippen LogP contribution < -0.4 is 11.1 Å². The number of aromatic nitrogens is 1. The predicted octanol–water partition coefficient (Wildman–Crippen LogP) is 2.16. The van der Waals surface area contributed by atoms with Crippen LogP contribution in [0, 0.1) is 18.3 Å². The van der Waals surface area contributed by atoms with E-state index in [-0.39, 0.29) is 28.9 Å². The largest absolute Gasteiger partial charge is 0.464 e. The summed E-state index contributed by atoms with van der Waals surface area (Å²) in [6, 6.07) is 7.07. The molecule has 0 fully saturated rings. The molecule has 1 amide bonds. The van der Waals surface area contributed by atoms with Crippen molar-refractivity contribution in [3.05, 3.63) is 46.8 Å². The number of esters is 1. The molecule has 3 N–H and O–H groups in total. The Hall–Kier alpha value is -3.27. The number of methoxy groups -OCH3 is 1. The fraction of sp³-hybridized carbons (Fsp3) is 0.278. The van der Waals surface area contributed by atoms with Crippen LogP contribution in [-0.2, 0) is 4.74 Å². The van der Waals surface area contributed by atoms with Crippen molar-refractivity contribution in [2.24, 2.45) is 0 Å². The zero-order valence-corrected chi connectivity index (χ0v) is 14.6. The van der Waals surface area contributed by atoms with Crippen LogP contribution in [0.3, 0.4) is 0 Å². The summed E-state index contributed by atoms with van der Waals surface area (Å²) in [5, 5.41) is 12.0. The van der Waals surface area contributed by atoms with Gasteiger partial charge < -0.3 is 20.4 Å². The van der Waals surface area contributed by atoms with E-state index in [0.29, 0.717) is 11.3 Å². The van der Waals surface area contributed by atoms with E-state index in [1.807, 2.05) is 26.8 Å². The molecule has 1 aromatic carbocycles. The lowest BCUT2D eigenvalue weighted by Crippen LogP contribution is -2.30. The second-order valence-electron chi connectivity index (χ2n) is 5.91. The quantitative estimate of drug-likeness (QED) is 0.829. The van der Waals surface area contributed by atoms with Gasteiger partial charge in [0.05, 0.1) is 18.4 Å². The van der Waals surface area contributed by atoms with E-state index >= 15 is 0 Å². The molecular weight excluding hydrogens is 320 g/mol. The summed E-state index contributed by atoms with van der Waals surface area (Å²) >= 11 is 0. The molecular formula is C18H20N4O3. The smallest absolute Gasteiger partial charge is 0.357 e. The van der Waals surface area contributed by atoms with Crippen LogP contribution in [0.5, 0.6) is 0 Å². The molecule has 0 spiro atoms. The fourth-order valence-electron chi connectivity index (χ4n) is 2.52. The average molecular weight is 340 g/mol. The third kappa shape index (κ3) is 3.48. The number of nitrogens with one attached hydrogen (secondary N) is 1. The van der Waals surface area contributed by atoms with Gasteiger partial charge in [0, 0.05) is 23.5 Å². The van der Waals surface area contributed by atoms with Crippen LogP contribution >= 0.6 is 0 Å². The first-order chi connectivity index (χ1) is 11.8. The Balaban J connectivity index is 2.55. The van der Waals surface area contributed by atoms with Gasteiger partial charge in [-0.2, -0.15) is 5.26 Å². The molecule has 0 radical (unpaired) electrons. The fourth-order valence-corrected chi connectivity index (χ4v) is 2.52. The van der Waals surface area contributed by atoms with Crippen LogP contribution in [0.2, 0.25) is 0 Å². The van der Waals surface area contributed by atoms with Crippen molar-refractivity contribution in [2.45, 2.75) is 26.8 Å². The van der Waals surface area contributed by atoms with Crippen molar-refractivity contribution in [1.29, 1.82) is 5.26 Å². The SMILES string of the molecule is COC(=O)c1c(N)c(C#N)cn1-c1ccc(C(=O)NC(C)C)cc1C. The van der Waals surface area contributed by atoms with E-state index in [1.165, 1.54) is 17.9 Å². The van der Waals surface area contributed by atoms with Crippen LogP contribution in [0.4, 0.5) is 5.69 Å². The van der Waals surface area contributed by atoms with E-state index in [2.05, 4.69) is 5.32 Å². The number of amides is 1. The Morgan fingerprint density at radius 2 is 2.04 bits per heavy atom. The van der Waals surface area contributed by atoms with Crippen molar-refractivity contribution in [1.82, 2.24) is 9.88 Å². The second-order valence-corrected chi connectivity index (χ2v) is 5.91. The summed E-state index contributed by atoms with van der Waals surface area (Å²) in [4.78, 5) is 24.2. The van der Waals surface area contributed by atoms with Crippen LogP contribution in [0.15, 0.2) is 24.4 Å². The maximum absolute atomic E-state index is 12.1. The number of nitrogens with zero attached hydrogens (tertiary/aromatic N) is 2. The molecule has 0 unspecified atom stereocenters. The maximum atomic E-state index is 12.1. The zero-order valence-electron chi connectivity index (χ0n) is 14.6. The van der Waals surface area contributed by atoms with Gasteiger partial charge in [-0.15, -0.1) is 0 Å². The lowest BCUT2D eigenvalue weighted by atomic mass is 10.1. The Bertz CT molecular complexity index is 875. The van der Waals surface area contributed by atoms with Gasteiger partial charge in [0.1, 0.15) is 6.07 Å². The summed E-state index contributed by atoms with van der Waals surface area (Å²) in [7, 11) is 1.25. The minimum atomic E-state index is -0.639. The van der Waals surface area contributed by atoms with Crippen LogP contribution in [0.1, 0.15) is 45.8 Å². The molecule has 7 nitrogen and oxygen atoms in total. The number of benzene rings is 1. The first-order valence-corrected chi connectivity index (χ1v) is 7.71. The third-order valence-corrected chi connectivity index (χ3v) is 3.68. The molecule has 0 aliphatic carbocycles. The highest BCUT2D eigenvalue weighted by atomic mass is 16.5. The topological polar surface area (TPSA) is 110 Å². The van der Waals surface area contributed by atoms with Crippen LogP contribution in [-0.4, -0.2) is 29.6 Å². The minimum Gasteiger partial charge on any atom is -0.464 e. The number of carbonyl (C=O) groups is 2. The lowest BCUT2D eigenvalue weighted by Gasteiger charge is -2.13. The molecule has 0 aliphatic heterocycles. The molecule has 0 bridgehead atoms. The highest BCUT2D eigenvalue weighted by Gasteiger charge is 2.22. The number of ether oxygens (including phenoxy) is 1. The normalized spacial score (nSPS) is 10.4. The van der Waals surface area contributed by atoms with Gasteiger partial charge in [0.15, 0.2) is 5.69 Å². The van der Waals surface area contributed by atoms with Gasteiger partial charge in [0.25, 0.3) is 5.91 Å². The van der Waals surface area contributed by atoms with E-state index in [4.69, 9.17) is 10.5 Å². The molecule has 25 heavy (non-hydrogen) atoms. The van der Waals surface area contributed by atoms with Gasteiger partial charge >= 0.3 is 5.97 Å². The number of hydrogen-bond donors (Lipinski definition) is 2. The summed E-state index contributed by atoms with van der Waals surface area (Å²) in [5.74, 6) is -0.817. The third-order valence-electron chi connectivity index (χ3n) is 3.68. The van der Waals surface area contributed by atoms with Gasteiger partial charge in [-0.1, -0.05) is 0 Å². The summed E-state index contributed by atoms with van der Waals surface area (Å²) in [6.45, 7) is 5.58. The number of nitrogens with two attached hydrogens (primary N) is 1. The summed E-state index contributed by atoms with van der Waals surface area (Å²) < 4.78 is 6.28. The summed E-state index contributed by atoms with van der Waals surface area (Å²) in [6.07, 6.45) is 1.48. The predicted molar refractivity (Wildman–Crippen MR) is 93.6 cm³/mol. The summed E-state index contributed by atoms with van der Waals surface area (Å²) in [5.41, 5.74) is 8.13. The standard InChI is InChI=1S/C18H20N4O3/c1-10(2)21-17(23)12-5-6-14(11(3)7-12)22-9-13(8-19)15(20)16(22)18(24)25-4/h5-7,9-10H,20H2,1-4H3,(H,21,23). The molecule has 0 aliphatic rings. The Morgan fingerprint density at radius 1 is 1.36 bits per heavy atom. The molecule has 0 atom stereocenters. The number of nitrogen functional groups attached to an aromatic ring is 1. The number of anilines is 1. The van der Waals surface area contributed by atoms with E-state index in [0.717, 1.165) is 5.56 Å². The Labute approximate surface area is 146 Å². The van der Waals surface area contributed by atoms with E-state index in [1.54, 1.807) is 18.2 Å². The Morgan fingerprint density at radius 3 is 2.56 bits per heavy atom. The second kappa shape index (κ2) is 7.09. The van der Waals surface area contributed by atoms with Crippen molar-refractivity contribution >= 4 is 17.6 Å². The lowest BCUT2D eigenvalue weighted by molar-refractivity contribution is 0.0592. The molecule has 1 aromatic heterocycles. The van der Waals surface area contributed by atoms with Gasteiger partial charge in [-0.05, 0) is 44.5 Å². The molecule has 2 rings (SSSR count). The molecule has 2 aromatic rings. The monoisotopic (exact) mass is 340 g/mol. The van der Waals surface area contributed by atoms with Gasteiger partial charge in [0.2, 0.25) is 0 Å². The van der Waals surface area contributed by atoms with Crippen molar-refractivity contribution < 1.29 is 14.3 Å². The van der Waals surface area contributed by atoms with E-state index < -0.39 is 5.97 Å². The van der Waals surface area contributed by atoms with Gasteiger partial charge in [-0.3, -0.25) is 4.79 Å². The number of hydrogen-bond acceptors (Lipinski definition) is 5. The molecule has 130 valence electrons. The highest BCUT2D eigenvalue weighted by Crippen LogP contribution is 2.26. The zero-order chi connectivity index (χ0) is 18.7. The van der Waals surface area contributed by atoms with Crippen molar-refractivity contribution in [2.75, 3.05) is 12.8 Å². The maximum Gasteiger partial charge on any atom is 0.357 e. The number of carbonyl (C=O) groups excluding carboxylic acids is 2. The molecule has 0 saturated heterocycles. The first-order valence-electron chi connectivity index (χ1n) is 7.71. The van der Waals surface area contributed by atoms with E-state index in [9.17, 15) is 14.9 Å². The van der Waals surface area contributed by atoms with Crippen molar-refractivity contribution in [3.8, 4) is 11.8 Å². The first kappa shape index (κ1) is 18.1. The van der Waals surface area contributed by atoms with Gasteiger partial charge in [-0.25, -0.2) is 4.79 Å². The number of nitriles is 1. The van der Waals surface area contributed by atoms with Crippen molar-refractivity contribution in [3.63, 3.8) is 0 Å². The highest BCUT2D eigenvalue weighted by molar-refractivity contribution is 5.97. The minimum absolute atomic E-state index is 0.0286. The molecule has 0 saturated carbocycles. The Kier molecular flexibility index (Phi) is 5.13. The molecule has 1 heterocycles. The average Bonchev–Trinajstić information content (AvgIpc) is 2.89. The molecule has 7 heteroatoms. The van der Waals surface area contributed by atoms with Crippen LogP contribution in [0.25, 0.3) is 5.69 Å². The number of aryl methyl sites for hydroxylation is 1.